The second kappa shape index (κ2) is 8.20. The summed E-state index contributed by atoms with van der Waals surface area (Å²) in [6.45, 7) is 6.64. The van der Waals surface area contributed by atoms with Gasteiger partial charge in [0.15, 0.2) is 0 Å². The van der Waals surface area contributed by atoms with Gasteiger partial charge in [0.2, 0.25) is 5.91 Å². The van der Waals surface area contributed by atoms with Gasteiger partial charge >= 0.3 is 0 Å². The summed E-state index contributed by atoms with van der Waals surface area (Å²) in [7, 11) is 0. The lowest BCUT2D eigenvalue weighted by Gasteiger charge is -2.40. The van der Waals surface area contributed by atoms with Crippen LogP contribution in [0.2, 0.25) is 0 Å². The van der Waals surface area contributed by atoms with E-state index in [4.69, 9.17) is 5.73 Å². The number of carbonyl (C=O) groups is 1. The van der Waals surface area contributed by atoms with Crippen LogP contribution in [-0.4, -0.2) is 42.0 Å². The Labute approximate surface area is 129 Å². The number of hydrogen-bond donors (Lipinski definition) is 2. The minimum Gasteiger partial charge on any atom is -0.352 e. The number of halogens is 1. The molecule has 2 aliphatic rings. The van der Waals surface area contributed by atoms with Crippen molar-refractivity contribution < 1.29 is 4.79 Å². The zero-order valence-corrected chi connectivity index (χ0v) is 13.6. The van der Waals surface area contributed by atoms with Gasteiger partial charge in [0.05, 0.1) is 6.04 Å². The number of rotatable bonds is 3. The third-order valence-corrected chi connectivity index (χ3v) is 4.79. The highest BCUT2D eigenvalue weighted by Gasteiger charge is 2.28. The molecule has 1 saturated carbocycles. The Balaban J connectivity index is 0.00000200. The Bertz CT molecular complexity index is 295. The molecule has 1 aliphatic heterocycles. The Kier molecular flexibility index (Phi) is 7.27. The largest absolute Gasteiger partial charge is 0.352 e. The van der Waals surface area contributed by atoms with E-state index in [0.717, 1.165) is 24.8 Å². The zero-order valence-electron chi connectivity index (χ0n) is 12.8. The maximum Gasteiger partial charge on any atom is 0.236 e. The maximum atomic E-state index is 11.6. The monoisotopic (exact) mass is 303 g/mol. The van der Waals surface area contributed by atoms with Crippen LogP contribution in [0.5, 0.6) is 0 Å². The van der Waals surface area contributed by atoms with Crippen molar-refractivity contribution >= 4 is 18.3 Å². The van der Waals surface area contributed by atoms with Gasteiger partial charge in [-0.05, 0) is 64.5 Å². The van der Waals surface area contributed by atoms with Crippen LogP contribution in [0.15, 0.2) is 0 Å². The van der Waals surface area contributed by atoms with Gasteiger partial charge in [-0.15, -0.1) is 12.4 Å². The molecule has 3 N–H and O–H groups in total. The van der Waals surface area contributed by atoms with Gasteiger partial charge in [-0.2, -0.15) is 0 Å². The molecule has 0 aromatic rings. The number of piperidine rings is 1. The van der Waals surface area contributed by atoms with E-state index in [1.807, 2.05) is 0 Å². The molecule has 1 unspecified atom stereocenters. The van der Waals surface area contributed by atoms with Crippen LogP contribution in [-0.2, 0) is 4.79 Å². The number of amides is 1. The predicted octanol–water partition coefficient (Wildman–Crippen LogP) is 1.91. The first kappa shape index (κ1) is 17.7. The Morgan fingerprint density at radius 2 is 1.70 bits per heavy atom. The van der Waals surface area contributed by atoms with E-state index in [1.54, 1.807) is 6.92 Å². The minimum absolute atomic E-state index is 0. The van der Waals surface area contributed by atoms with Crippen LogP contribution in [0.1, 0.15) is 52.4 Å². The number of nitrogens with two attached hydrogens (primary N) is 1. The Hall–Kier alpha value is -0.320. The van der Waals surface area contributed by atoms with Gasteiger partial charge in [-0.25, -0.2) is 0 Å². The van der Waals surface area contributed by atoms with Crippen molar-refractivity contribution in [2.24, 2.45) is 11.7 Å². The van der Waals surface area contributed by atoms with E-state index in [-0.39, 0.29) is 24.4 Å². The van der Waals surface area contributed by atoms with E-state index in [2.05, 4.69) is 17.1 Å². The minimum atomic E-state index is -0.388. The van der Waals surface area contributed by atoms with Gasteiger partial charge < -0.3 is 16.0 Å². The van der Waals surface area contributed by atoms with E-state index in [9.17, 15) is 4.79 Å². The second-order valence-electron chi connectivity index (χ2n) is 6.52. The molecule has 1 heterocycles. The number of nitrogens with zero attached hydrogens (tertiary/aromatic N) is 1. The molecule has 0 radical (unpaired) electrons. The molecular formula is C15H30ClN3O. The summed E-state index contributed by atoms with van der Waals surface area (Å²) in [5.74, 6) is 0.896. The summed E-state index contributed by atoms with van der Waals surface area (Å²) in [4.78, 5) is 14.3. The predicted molar refractivity (Wildman–Crippen MR) is 85.1 cm³/mol. The molecule has 1 saturated heterocycles. The Morgan fingerprint density at radius 1 is 1.15 bits per heavy atom. The first-order valence-electron chi connectivity index (χ1n) is 7.86. The highest BCUT2D eigenvalue weighted by Crippen LogP contribution is 2.27. The summed E-state index contributed by atoms with van der Waals surface area (Å²) >= 11 is 0. The van der Waals surface area contributed by atoms with E-state index < -0.39 is 0 Å². The van der Waals surface area contributed by atoms with Crippen LogP contribution in [0.25, 0.3) is 0 Å². The zero-order chi connectivity index (χ0) is 13.8. The smallest absolute Gasteiger partial charge is 0.236 e. The lowest BCUT2D eigenvalue weighted by atomic mass is 9.88. The number of carbonyl (C=O) groups excluding carboxylic acids is 1. The highest BCUT2D eigenvalue weighted by atomic mass is 35.5. The number of hydrogen-bond acceptors (Lipinski definition) is 3. The van der Waals surface area contributed by atoms with Crippen LogP contribution in [0, 0.1) is 5.92 Å². The summed E-state index contributed by atoms with van der Waals surface area (Å²) in [5, 5.41) is 3.07. The molecule has 0 bridgehead atoms. The Morgan fingerprint density at radius 3 is 2.20 bits per heavy atom. The normalized spacial score (nSPS) is 30.4. The van der Waals surface area contributed by atoms with Crippen molar-refractivity contribution in [1.29, 1.82) is 0 Å². The van der Waals surface area contributed by atoms with Crippen molar-refractivity contribution in [3.05, 3.63) is 0 Å². The van der Waals surface area contributed by atoms with Crippen LogP contribution in [0.4, 0.5) is 0 Å². The molecule has 0 aromatic carbocycles. The fourth-order valence-corrected chi connectivity index (χ4v) is 3.31. The molecule has 5 heteroatoms. The van der Waals surface area contributed by atoms with Crippen molar-refractivity contribution in [3.63, 3.8) is 0 Å². The van der Waals surface area contributed by atoms with Crippen molar-refractivity contribution in [2.45, 2.75) is 70.5 Å². The van der Waals surface area contributed by atoms with Crippen LogP contribution in [0.3, 0.4) is 0 Å². The fourth-order valence-electron chi connectivity index (χ4n) is 3.31. The van der Waals surface area contributed by atoms with Gasteiger partial charge in [0, 0.05) is 12.1 Å². The first-order chi connectivity index (χ1) is 9.06. The third kappa shape index (κ3) is 4.90. The quantitative estimate of drug-likeness (QED) is 0.837. The molecule has 1 atom stereocenters. The fraction of sp³-hybridized carbons (Fsp3) is 0.933. The standard InChI is InChI=1S/C15H29N3O.ClH/c1-11-7-9-18(10-8-11)14-5-3-13(4-6-14)17-15(19)12(2)16;/h11-14H,3-10,16H2,1-2H3,(H,17,19);1H. The van der Waals surface area contributed by atoms with Crippen molar-refractivity contribution in [2.75, 3.05) is 13.1 Å². The molecule has 118 valence electrons. The highest BCUT2D eigenvalue weighted by molar-refractivity contribution is 5.85. The molecule has 0 spiro atoms. The van der Waals surface area contributed by atoms with Gasteiger partial charge in [-0.3, -0.25) is 4.79 Å². The van der Waals surface area contributed by atoms with Gasteiger partial charge in [0.1, 0.15) is 0 Å². The molecular weight excluding hydrogens is 274 g/mol. The molecule has 0 aromatic heterocycles. The van der Waals surface area contributed by atoms with E-state index in [0.29, 0.717) is 6.04 Å². The lowest BCUT2D eigenvalue weighted by molar-refractivity contribution is -0.123. The number of likely N-dealkylation sites (tertiary alicyclic amines) is 1. The lowest BCUT2D eigenvalue weighted by Crippen LogP contribution is -2.48. The topological polar surface area (TPSA) is 58.4 Å². The summed E-state index contributed by atoms with van der Waals surface area (Å²) in [6, 6.07) is 0.704. The second-order valence-corrected chi connectivity index (χ2v) is 6.52. The molecule has 2 fully saturated rings. The van der Waals surface area contributed by atoms with E-state index in [1.165, 1.54) is 38.8 Å². The van der Waals surface area contributed by atoms with Crippen LogP contribution < -0.4 is 11.1 Å². The molecule has 2 rings (SSSR count). The van der Waals surface area contributed by atoms with Crippen molar-refractivity contribution in [1.82, 2.24) is 10.2 Å². The van der Waals surface area contributed by atoms with E-state index >= 15 is 0 Å². The average molecular weight is 304 g/mol. The average Bonchev–Trinajstić information content (AvgIpc) is 2.40. The summed E-state index contributed by atoms with van der Waals surface area (Å²) in [6.07, 6.45) is 7.35. The maximum absolute atomic E-state index is 11.6. The van der Waals surface area contributed by atoms with Crippen molar-refractivity contribution in [3.8, 4) is 0 Å². The number of nitrogens with one attached hydrogen (secondary N) is 1. The van der Waals surface area contributed by atoms with Gasteiger partial charge in [-0.1, -0.05) is 6.92 Å². The molecule has 1 aliphatic carbocycles. The summed E-state index contributed by atoms with van der Waals surface area (Å²) in [5.41, 5.74) is 5.59. The van der Waals surface area contributed by atoms with Gasteiger partial charge in [0.25, 0.3) is 0 Å². The van der Waals surface area contributed by atoms with Crippen LogP contribution >= 0.6 is 12.4 Å². The SMILES string of the molecule is CC1CCN(C2CCC(NC(=O)C(C)N)CC2)CC1.Cl. The first-order valence-corrected chi connectivity index (χ1v) is 7.86. The third-order valence-electron chi connectivity index (χ3n) is 4.79. The molecule has 1 amide bonds. The molecule has 20 heavy (non-hydrogen) atoms. The molecule has 4 nitrogen and oxygen atoms in total. The summed E-state index contributed by atoms with van der Waals surface area (Å²) < 4.78 is 0.